The third-order valence-corrected chi connectivity index (χ3v) is 0. The first kappa shape index (κ1) is 27.1. The fraction of sp³-hybridized carbons (Fsp3) is 0. The van der Waals surface area contributed by atoms with Crippen molar-refractivity contribution in [3.05, 3.63) is 0 Å². The van der Waals surface area contributed by atoms with Crippen LogP contribution in [-0.4, -0.2) is 95.7 Å². The smallest absolute Gasteiger partial charge is 0 e. The Morgan fingerprint density at radius 2 is 1.00 bits per heavy atom. The van der Waals surface area contributed by atoms with Gasteiger partial charge in [0.1, 0.15) is 0 Å². The van der Waals surface area contributed by atoms with Crippen LogP contribution in [0, 0.1) is 0 Å². The molecule has 0 atom stereocenters. The zero-order valence-electron chi connectivity index (χ0n) is 2.10. The minimum Gasteiger partial charge on any atom is 0 e. The second-order valence-corrected chi connectivity index (χ2v) is 0. The van der Waals surface area contributed by atoms with Crippen molar-refractivity contribution in [2.24, 2.45) is 0 Å². The molecule has 0 nitrogen and oxygen atoms in total. The SMILES string of the molecule is [Bi].[Ga].[In].[Sn]. The Labute approximate surface area is 93.8 Å². The van der Waals surface area contributed by atoms with Crippen molar-refractivity contribution in [2.75, 3.05) is 0 Å². The van der Waals surface area contributed by atoms with Crippen LogP contribution in [0.4, 0.5) is 0 Å². The standard InChI is InChI=1S/Bi.Ga.In.Sn. The van der Waals surface area contributed by atoms with E-state index < -0.39 is 0 Å². The minimum atomic E-state index is 0. The Hall–Kier alpha value is 3.19. The van der Waals surface area contributed by atoms with E-state index >= 15 is 0 Å². The van der Waals surface area contributed by atoms with Gasteiger partial charge >= 0.3 is 0 Å². The Morgan fingerprint density at radius 3 is 1.00 bits per heavy atom. The van der Waals surface area contributed by atoms with Gasteiger partial charge in [-0.2, -0.15) is 0 Å². The molecular weight excluding hydrogens is 512 g/mol. The zero-order chi connectivity index (χ0) is 0. The summed E-state index contributed by atoms with van der Waals surface area (Å²) in [6, 6.07) is 0. The molecule has 0 aliphatic rings. The van der Waals surface area contributed by atoms with Crippen LogP contribution >= 0.6 is 0 Å². The van der Waals surface area contributed by atoms with Gasteiger partial charge in [-0.25, -0.2) is 0 Å². The average Bonchev–Trinajstić information content (AvgIpc) is 0. The number of hydrogen-bond acceptors (Lipinski definition) is 0. The van der Waals surface area contributed by atoms with Gasteiger partial charge in [0.25, 0.3) is 0 Å². The van der Waals surface area contributed by atoms with Gasteiger partial charge in [-0.3, -0.25) is 0 Å². The Morgan fingerprint density at radius 1 is 1.00 bits per heavy atom. The van der Waals surface area contributed by atoms with Gasteiger partial charge in [0.05, 0.1) is 0 Å². The van der Waals surface area contributed by atoms with Crippen LogP contribution in [0.3, 0.4) is 0 Å². The van der Waals surface area contributed by atoms with Crippen LogP contribution in [0.15, 0.2) is 0 Å². The summed E-state index contributed by atoms with van der Waals surface area (Å²) in [5.74, 6) is 0. The Bertz CT molecular complexity index is 8.00. The van der Waals surface area contributed by atoms with Gasteiger partial charge in [-0.15, -0.1) is 0 Å². The number of rotatable bonds is 0. The summed E-state index contributed by atoms with van der Waals surface area (Å²) < 4.78 is 0. The molecule has 0 heterocycles. The summed E-state index contributed by atoms with van der Waals surface area (Å²) in [4.78, 5) is 0. The van der Waals surface area contributed by atoms with E-state index in [-0.39, 0.29) is 95.7 Å². The van der Waals surface area contributed by atoms with Gasteiger partial charge in [-0.1, -0.05) is 0 Å². The normalized spacial score (nSPS) is 0. The van der Waals surface area contributed by atoms with Crippen molar-refractivity contribution in [3.8, 4) is 0 Å². The molecular formula is BiGaInSn. The van der Waals surface area contributed by atoms with Crippen LogP contribution in [0.2, 0.25) is 0 Å². The summed E-state index contributed by atoms with van der Waals surface area (Å²) in [6.45, 7) is 0. The molecule has 0 bridgehead atoms. The maximum Gasteiger partial charge on any atom is 0 e. The van der Waals surface area contributed by atoms with Crippen LogP contribution in [0.1, 0.15) is 0 Å². The molecule has 0 aliphatic carbocycles. The van der Waals surface area contributed by atoms with E-state index in [2.05, 4.69) is 0 Å². The topological polar surface area (TPSA) is 0 Å². The van der Waals surface area contributed by atoms with Crippen molar-refractivity contribution in [2.45, 2.75) is 0 Å². The van der Waals surface area contributed by atoms with E-state index in [1.54, 1.807) is 0 Å². The fourth-order valence-electron chi connectivity index (χ4n) is 0. The molecule has 0 fully saturated rings. The zero-order valence-corrected chi connectivity index (χ0v) is 14.2. The maximum atomic E-state index is 0. The van der Waals surface area contributed by atoms with Crippen molar-refractivity contribution >= 4 is 95.7 Å². The second-order valence-electron chi connectivity index (χ2n) is 0. The van der Waals surface area contributed by atoms with Crippen molar-refractivity contribution < 1.29 is 0 Å². The molecule has 0 saturated carbocycles. The predicted octanol–water partition coefficient (Wildman–Crippen LogP) is -1.52. The summed E-state index contributed by atoms with van der Waals surface area (Å²) >= 11 is 0. The first-order valence-electron chi connectivity index (χ1n) is 0. The third-order valence-electron chi connectivity index (χ3n) is 0. The summed E-state index contributed by atoms with van der Waals surface area (Å²) in [5.41, 5.74) is 0. The third kappa shape index (κ3) is 8.95. The predicted molar refractivity (Wildman–Crippen MR) is 23.0 cm³/mol. The molecule has 0 rings (SSSR count). The van der Waals surface area contributed by atoms with Crippen LogP contribution in [0.5, 0.6) is 0 Å². The molecule has 0 amide bonds. The second kappa shape index (κ2) is 16.4. The Balaban J connectivity index is 0. The monoisotopic (exact) mass is 513 g/mol. The van der Waals surface area contributed by atoms with Gasteiger partial charge in [0.15, 0.2) is 0 Å². The van der Waals surface area contributed by atoms with Gasteiger partial charge < -0.3 is 0 Å². The largest absolute Gasteiger partial charge is 0 e. The van der Waals surface area contributed by atoms with E-state index in [0.717, 1.165) is 0 Å². The minimum absolute atomic E-state index is 0. The van der Waals surface area contributed by atoms with Gasteiger partial charge in [-0.05, 0) is 0 Å². The van der Waals surface area contributed by atoms with Gasteiger partial charge in [0, 0.05) is 95.7 Å². The van der Waals surface area contributed by atoms with E-state index in [1.807, 2.05) is 0 Å². The molecule has 0 aromatic heterocycles. The maximum absolute atomic E-state index is 0. The molecule has 0 spiro atoms. The quantitative estimate of drug-likeness (QED) is 0.346. The van der Waals surface area contributed by atoms with Crippen LogP contribution in [0.25, 0.3) is 0 Å². The number of hydrogen-bond donors (Lipinski definition) is 0. The average molecular weight is 512 g/mol. The van der Waals surface area contributed by atoms with E-state index in [1.165, 1.54) is 0 Å². The first-order valence-corrected chi connectivity index (χ1v) is 0. The molecule has 13 radical (unpaired) electrons. The van der Waals surface area contributed by atoms with Crippen molar-refractivity contribution in [1.82, 2.24) is 0 Å². The summed E-state index contributed by atoms with van der Waals surface area (Å²) in [6.07, 6.45) is 0. The summed E-state index contributed by atoms with van der Waals surface area (Å²) in [7, 11) is 0. The van der Waals surface area contributed by atoms with E-state index in [4.69, 9.17) is 0 Å². The Kier molecular flexibility index (Phi) is 111. The fourth-order valence-corrected chi connectivity index (χ4v) is 0. The van der Waals surface area contributed by atoms with Crippen LogP contribution in [-0.2, 0) is 0 Å². The molecule has 0 unspecified atom stereocenters. The van der Waals surface area contributed by atoms with Crippen molar-refractivity contribution in [1.29, 1.82) is 0 Å². The molecule has 0 N–H and O–H groups in total. The molecule has 4 heavy (non-hydrogen) atoms. The van der Waals surface area contributed by atoms with E-state index in [0.29, 0.717) is 0 Å². The molecule has 0 aromatic rings. The summed E-state index contributed by atoms with van der Waals surface area (Å²) in [5, 5.41) is 0. The van der Waals surface area contributed by atoms with Crippen molar-refractivity contribution in [3.63, 3.8) is 0 Å². The molecule has 0 aromatic carbocycles. The molecule has 0 saturated heterocycles. The van der Waals surface area contributed by atoms with Gasteiger partial charge in [0.2, 0.25) is 0 Å². The molecule has 15 valence electrons. The molecule has 4 heteroatoms. The first-order chi connectivity index (χ1) is 0. The van der Waals surface area contributed by atoms with E-state index in [9.17, 15) is 0 Å². The van der Waals surface area contributed by atoms with Crippen LogP contribution < -0.4 is 0 Å². The molecule has 0 aliphatic heterocycles.